The molecule has 0 spiro atoms. The molecule has 0 radical (unpaired) electrons. The zero-order valence-corrected chi connectivity index (χ0v) is 12.8. The zero-order valence-electron chi connectivity index (χ0n) is 12.8. The molecule has 0 aromatic heterocycles. The lowest BCUT2D eigenvalue weighted by atomic mass is 10.1. The number of esters is 1. The second-order valence-electron chi connectivity index (χ2n) is 5.16. The van der Waals surface area contributed by atoms with Gasteiger partial charge in [0.2, 0.25) is 5.91 Å². The Morgan fingerprint density at radius 2 is 2.04 bits per heavy atom. The van der Waals surface area contributed by atoms with Gasteiger partial charge in [-0.25, -0.2) is 9.69 Å². The van der Waals surface area contributed by atoms with Gasteiger partial charge in [-0.3, -0.25) is 9.59 Å². The van der Waals surface area contributed by atoms with Crippen molar-refractivity contribution in [2.45, 2.75) is 25.3 Å². The number of hydrogen-bond donors (Lipinski definition) is 0. The van der Waals surface area contributed by atoms with E-state index in [4.69, 9.17) is 9.47 Å². The summed E-state index contributed by atoms with van der Waals surface area (Å²) >= 11 is 0. The molecule has 6 heteroatoms. The summed E-state index contributed by atoms with van der Waals surface area (Å²) in [5.41, 5.74) is 1.01. The van der Waals surface area contributed by atoms with E-state index in [2.05, 4.69) is 6.58 Å². The first-order valence-corrected chi connectivity index (χ1v) is 7.41. The smallest absolute Gasteiger partial charge is 0.416 e. The van der Waals surface area contributed by atoms with E-state index < -0.39 is 18.0 Å². The molecule has 0 saturated carbocycles. The van der Waals surface area contributed by atoms with Crippen LogP contribution in [0, 0.1) is 0 Å². The van der Waals surface area contributed by atoms with Gasteiger partial charge in [0, 0.05) is 6.42 Å². The van der Waals surface area contributed by atoms with Gasteiger partial charge >= 0.3 is 12.1 Å². The Bertz CT molecular complexity index is 584. The van der Waals surface area contributed by atoms with E-state index in [9.17, 15) is 14.4 Å². The minimum Gasteiger partial charge on any atom is -0.461 e. The van der Waals surface area contributed by atoms with Crippen LogP contribution in [0.5, 0.6) is 0 Å². The number of cyclic esters (lactones) is 1. The third-order valence-electron chi connectivity index (χ3n) is 3.45. The molecule has 0 unspecified atom stereocenters. The van der Waals surface area contributed by atoms with E-state index in [-0.39, 0.29) is 32.1 Å². The highest BCUT2D eigenvalue weighted by molar-refractivity contribution is 5.94. The summed E-state index contributed by atoms with van der Waals surface area (Å²) in [4.78, 5) is 36.5. The van der Waals surface area contributed by atoms with Gasteiger partial charge in [0.1, 0.15) is 13.2 Å². The maximum atomic E-state index is 12.2. The van der Waals surface area contributed by atoms with Gasteiger partial charge in [-0.2, -0.15) is 0 Å². The number of carbonyl (C=O) groups is 3. The first-order chi connectivity index (χ1) is 11.1. The number of benzene rings is 1. The first kappa shape index (κ1) is 16.7. The molecular formula is C17H19NO5. The average Bonchev–Trinajstić information content (AvgIpc) is 2.92. The van der Waals surface area contributed by atoms with Crippen molar-refractivity contribution in [1.29, 1.82) is 0 Å². The summed E-state index contributed by atoms with van der Waals surface area (Å²) < 4.78 is 9.79. The molecule has 1 aromatic carbocycles. The Hall–Kier alpha value is -2.63. The fraction of sp³-hybridized carbons (Fsp3) is 0.353. The standard InChI is InChI=1S/C17H19NO5/c1-2-10-22-16(20)9-8-15(19)18-14(12-23-17(18)21)11-13-6-4-3-5-7-13/h2-7,14H,1,8-12H2/t14-/m1/s1. The molecule has 6 nitrogen and oxygen atoms in total. The largest absolute Gasteiger partial charge is 0.461 e. The normalized spacial score (nSPS) is 16.8. The molecule has 0 bridgehead atoms. The van der Waals surface area contributed by atoms with Crippen LogP contribution in [-0.4, -0.2) is 42.1 Å². The van der Waals surface area contributed by atoms with Crippen LogP contribution >= 0.6 is 0 Å². The number of rotatable bonds is 7. The van der Waals surface area contributed by atoms with Crippen LogP contribution in [0.1, 0.15) is 18.4 Å². The van der Waals surface area contributed by atoms with Gasteiger partial charge in [0.25, 0.3) is 0 Å². The van der Waals surface area contributed by atoms with Gasteiger partial charge < -0.3 is 9.47 Å². The molecule has 0 aliphatic carbocycles. The molecule has 2 amide bonds. The Morgan fingerprint density at radius 1 is 1.30 bits per heavy atom. The number of ether oxygens (including phenoxy) is 2. The fourth-order valence-corrected chi connectivity index (χ4v) is 2.36. The average molecular weight is 317 g/mol. The number of amides is 2. The van der Waals surface area contributed by atoms with E-state index >= 15 is 0 Å². The molecule has 122 valence electrons. The molecule has 1 aliphatic rings. The first-order valence-electron chi connectivity index (χ1n) is 7.41. The zero-order chi connectivity index (χ0) is 16.7. The summed E-state index contributed by atoms with van der Waals surface area (Å²) in [6.45, 7) is 3.71. The van der Waals surface area contributed by atoms with Crippen LogP contribution in [-0.2, 0) is 25.5 Å². The van der Waals surface area contributed by atoms with Gasteiger partial charge in [-0.15, -0.1) is 0 Å². The van der Waals surface area contributed by atoms with Crippen molar-refractivity contribution in [1.82, 2.24) is 4.90 Å². The Kier molecular flexibility index (Phi) is 5.91. The number of nitrogens with zero attached hydrogens (tertiary/aromatic N) is 1. The molecule has 0 N–H and O–H groups in total. The van der Waals surface area contributed by atoms with Crippen molar-refractivity contribution in [2.75, 3.05) is 13.2 Å². The summed E-state index contributed by atoms with van der Waals surface area (Å²) in [5.74, 6) is -0.922. The Labute approximate surface area is 134 Å². The molecule has 1 aliphatic heterocycles. The summed E-state index contributed by atoms with van der Waals surface area (Å²) in [7, 11) is 0. The summed E-state index contributed by atoms with van der Waals surface area (Å²) in [6, 6.07) is 9.21. The highest BCUT2D eigenvalue weighted by Crippen LogP contribution is 2.19. The van der Waals surface area contributed by atoms with Gasteiger partial charge in [0.05, 0.1) is 12.5 Å². The van der Waals surface area contributed by atoms with Crippen LogP contribution in [0.3, 0.4) is 0 Å². The molecule has 23 heavy (non-hydrogen) atoms. The predicted octanol–water partition coefficient (Wildman–Crippen LogP) is 2.09. The number of hydrogen-bond acceptors (Lipinski definition) is 5. The highest BCUT2D eigenvalue weighted by Gasteiger charge is 2.37. The summed E-state index contributed by atoms with van der Waals surface area (Å²) in [5, 5.41) is 0. The number of carbonyl (C=O) groups excluding carboxylic acids is 3. The van der Waals surface area contributed by atoms with Crippen molar-refractivity contribution in [2.24, 2.45) is 0 Å². The van der Waals surface area contributed by atoms with E-state index in [0.717, 1.165) is 10.5 Å². The van der Waals surface area contributed by atoms with Gasteiger partial charge in [0.15, 0.2) is 0 Å². The molecule has 1 atom stereocenters. The second-order valence-corrected chi connectivity index (χ2v) is 5.16. The molecule has 2 rings (SSSR count). The van der Waals surface area contributed by atoms with Gasteiger partial charge in [-0.05, 0) is 12.0 Å². The lowest BCUT2D eigenvalue weighted by Crippen LogP contribution is -2.40. The van der Waals surface area contributed by atoms with E-state index in [1.165, 1.54) is 6.08 Å². The molecular weight excluding hydrogens is 298 g/mol. The highest BCUT2D eigenvalue weighted by atomic mass is 16.6. The van der Waals surface area contributed by atoms with Crippen molar-refractivity contribution < 1.29 is 23.9 Å². The molecule has 1 saturated heterocycles. The number of imide groups is 1. The van der Waals surface area contributed by atoms with E-state index in [1.54, 1.807) is 0 Å². The third kappa shape index (κ3) is 4.67. The van der Waals surface area contributed by atoms with E-state index in [1.807, 2.05) is 30.3 Å². The minimum atomic E-state index is -0.657. The molecule has 1 heterocycles. The minimum absolute atomic E-state index is 0.0749. The van der Waals surface area contributed by atoms with Crippen LogP contribution < -0.4 is 0 Å². The molecule has 1 aromatic rings. The Balaban J connectivity index is 1.92. The predicted molar refractivity (Wildman–Crippen MR) is 82.5 cm³/mol. The topological polar surface area (TPSA) is 72.9 Å². The van der Waals surface area contributed by atoms with E-state index in [0.29, 0.717) is 6.42 Å². The van der Waals surface area contributed by atoms with Crippen molar-refractivity contribution in [3.63, 3.8) is 0 Å². The fourth-order valence-electron chi connectivity index (χ4n) is 2.36. The van der Waals surface area contributed by atoms with Crippen molar-refractivity contribution >= 4 is 18.0 Å². The van der Waals surface area contributed by atoms with Crippen molar-refractivity contribution in [3.8, 4) is 0 Å². The van der Waals surface area contributed by atoms with Crippen molar-refractivity contribution in [3.05, 3.63) is 48.6 Å². The monoisotopic (exact) mass is 317 g/mol. The van der Waals surface area contributed by atoms with Crippen LogP contribution in [0.2, 0.25) is 0 Å². The Morgan fingerprint density at radius 3 is 2.74 bits per heavy atom. The second kappa shape index (κ2) is 8.12. The SMILES string of the molecule is C=CCOC(=O)CCC(=O)N1C(=O)OC[C@H]1Cc1ccccc1. The van der Waals surface area contributed by atoms with Crippen LogP contribution in [0.15, 0.2) is 43.0 Å². The third-order valence-corrected chi connectivity index (χ3v) is 3.45. The van der Waals surface area contributed by atoms with Crippen LogP contribution in [0.4, 0.5) is 4.79 Å². The van der Waals surface area contributed by atoms with Gasteiger partial charge in [-0.1, -0.05) is 43.0 Å². The maximum Gasteiger partial charge on any atom is 0.416 e. The lowest BCUT2D eigenvalue weighted by Gasteiger charge is -2.19. The summed E-state index contributed by atoms with van der Waals surface area (Å²) in [6.07, 6.45) is 1.16. The lowest BCUT2D eigenvalue weighted by molar-refractivity contribution is -0.144. The molecule has 1 fully saturated rings. The maximum absolute atomic E-state index is 12.2. The quantitative estimate of drug-likeness (QED) is 0.569. The van der Waals surface area contributed by atoms with Crippen LogP contribution in [0.25, 0.3) is 0 Å².